The van der Waals surface area contributed by atoms with E-state index in [1.807, 2.05) is 0 Å². The molecule has 0 fully saturated rings. The van der Waals surface area contributed by atoms with Gasteiger partial charge in [0.25, 0.3) is 0 Å². The number of rotatable bonds is 2. The average Bonchev–Trinajstić information content (AvgIpc) is 2.89. The van der Waals surface area contributed by atoms with Gasteiger partial charge in [-0.1, -0.05) is 6.07 Å². The molecular weight excluding hydrogens is 241 g/mol. The van der Waals surface area contributed by atoms with Gasteiger partial charge in [0.2, 0.25) is 0 Å². The second kappa shape index (κ2) is 4.12. The first-order valence-corrected chi connectivity index (χ1v) is 6.10. The van der Waals surface area contributed by atoms with E-state index < -0.39 is 6.10 Å². The summed E-state index contributed by atoms with van der Waals surface area (Å²) in [6.07, 6.45) is 1.44. The molecule has 2 N–H and O–H groups in total. The molecule has 0 spiro atoms. The standard InChI is InChI=1S/C11H10FN3OS/c12-6-1-2-7-8(3-6)17-9(11(7)16)4-10-13-5-14-15-10/h1-3,5,9,11,16H,4H2,(H,13,14,15). The minimum absolute atomic E-state index is 0.0419. The van der Waals surface area contributed by atoms with E-state index in [4.69, 9.17) is 0 Å². The lowest BCUT2D eigenvalue weighted by Crippen LogP contribution is -2.13. The van der Waals surface area contributed by atoms with Gasteiger partial charge in [-0.05, 0) is 17.7 Å². The highest BCUT2D eigenvalue weighted by atomic mass is 32.2. The second-order valence-corrected chi connectivity index (χ2v) is 5.20. The maximum Gasteiger partial charge on any atom is 0.137 e. The third-order valence-corrected chi connectivity index (χ3v) is 4.12. The number of aromatic amines is 1. The molecule has 4 nitrogen and oxygen atoms in total. The largest absolute Gasteiger partial charge is 0.387 e. The van der Waals surface area contributed by atoms with Gasteiger partial charge in [-0.15, -0.1) is 11.8 Å². The van der Waals surface area contributed by atoms with Crippen LogP contribution >= 0.6 is 11.8 Å². The summed E-state index contributed by atoms with van der Waals surface area (Å²) in [5.41, 5.74) is 0.793. The summed E-state index contributed by atoms with van der Waals surface area (Å²) in [7, 11) is 0. The molecule has 2 heterocycles. The fraction of sp³-hybridized carbons (Fsp3) is 0.273. The number of hydrogen-bond acceptors (Lipinski definition) is 4. The lowest BCUT2D eigenvalue weighted by Gasteiger charge is -2.11. The van der Waals surface area contributed by atoms with Crippen molar-refractivity contribution >= 4 is 11.8 Å². The molecule has 17 heavy (non-hydrogen) atoms. The Morgan fingerprint density at radius 2 is 2.35 bits per heavy atom. The molecule has 88 valence electrons. The van der Waals surface area contributed by atoms with E-state index in [9.17, 15) is 9.50 Å². The van der Waals surface area contributed by atoms with E-state index >= 15 is 0 Å². The van der Waals surface area contributed by atoms with E-state index in [0.29, 0.717) is 6.42 Å². The number of nitrogens with one attached hydrogen (secondary N) is 1. The zero-order chi connectivity index (χ0) is 11.8. The molecule has 2 unspecified atom stereocenters. The number of hydrogen-bond donors (Lipinski definition) is 2. The molecular formula is C11H10FN3OS. The minimum atomic E-state index is -0.583. The minimum Gasteiger partial charge on any atom is -0.387 e. The van der Waals surface area contributed by atoms with Crippen molar-refractivity contribution in [3.63, 3.8) is 0 Å². The number of aliphatic hydroxyl groups is 1. The zero-order valence-electron chi connectivity index (χ0n) is 8.80. The number of H-pyrrole nitrogens is 1. The van der Waals surface area contributed by atoms with Crippen LogP contribution in [0.25, 0.3) is 0 Å². The summed E-state index contributed by atoms with van der Waals surface area (Å²) in [5, 5.41) is 16.6. The third kappa shape index (κ3) is 1.94. The number of aliphatic hydroxyl groups excluding tert-OH is 1. The summed E-state index contributed by atoms with van der Waals surface area (Å²) in [4.78, 5) is 4.84. The van der Waals surface area contributed by atoms with Crippen LogP contribution in [0, 0.1) is 5.82 Å². The molecule has 1 aromatic carbocycles. The SMILES string of the molecule is OC1c2ccc(F)cc2SC1Cc1ncn[nH]1. The van der Waals surface area contributed by atoms with Gasteiger partial charge in [0.05, 0.1) is 6.10 Å². The molecule has 0 saturated carbocycles. The van der Waals surface area contributed by atoms with Crippen LogP contribution in [0.4, 0.5) is 4.39 Å². The molecule has 6 heteroatoms. The van der Waals surface area contributed by atoms with Crippen LogP contribution < -0.4 is 0 Å². The average molecular weight is 251 g/mol. The predicted molar refractivity (Wildman–Crippen MR) is 61.1 cm³/mol. The van der Waals surface area contributed by atoms with E-state index in [1.54, 1.807) is 6.07 Å². The Morgan fingerprint density at radius 3 is 3.12 bits per heavy atom. The normalized spacial score (nSPS) is 22.7. The summed E-state index contributed by atoms with van der Waals surface area (Å²) >= 11 is 1.48. The highest BCUT2D eigenvalue weighted by Gasteiger charge is 2.32. The Labute approximate surface area is 101 Å². The summed E-state index contributed by atoms with van der Waals surface area (Å²) in [6, 6.07) is 4.48. The maximum atomic E-state index is 13.1. The Kier molecular flexibility index (Phi) is 2.60. The van der Waals surface area contributed by atoms with Crippen molar-refractivity contribution in [1.29, 1.82) is 0 Å². The number of nitrogens with zero attached hydrogens (tertiary/aromatic N) is 2. The van der Waals surface area contributed by atoms with Crippen molar-refractivity contribution < 1.29 is 9.50 Å². The van der Waals surface area contributed by atoms with Gasteiger partial charge in [-0.3, -0.25) is 5.10 Å². The van der Waals surface area contributed by atoms with Crippen LogP contribution in [0.15, 0.2) is 29.4 Å². The molecule has 1 aliphatic heterocycles. The maximum absolute atomic E-state index is 13.1. The van der Waals surface area contributed by atoms with Gasteiger partial charge >= 0.3 is 0 Å². The Bertz CT molecular complexity index is 532. The van der Waals surface area contributed by atoms with Crippen molar-refractivity contribution in [2.75, 3.05) is 0 Å². The first-order valence-electron chi connectivity index (χ1n) is 5.22. The topological polar surface area (TPSA) is 61.8 Å². The molecule has 0 saturated heterocycles. The lowest BCUT2D eigenvalue weighted by atomic mass is 10.0. The van der Waals surface area contributed by atoms with Crippen LogP contribution in [0.3, 0.4) is 0 Å². The molecule has 1 aromatic heterocycles. The van der Waals surface area contributed by atoms with Crippen molar-refractivity contribution in [3.05, 3.63) is 41.7 Å². The van der Waals surface area contributed by atoms with Crippen molar-refractivity contribution in [2.24, 2.45) is 0 Å². The van der Waals surface area contributed by atoms with E-state index in [-0.39, 0.29) is 11.1 Å². The van der Waals surface area contributed by atoms with E-state index in [1.165, 1.54) is 30.2 Å². The van der Waals surface area contributed by atoms with Gasteiger partial charge in [0.1, 0.15) is 18.0 Å². The van der Waals surface area contributed by atoms with Crippen LogP contribution in [0.5, 0.6) is 0 Å². The highest BCUT2D eigenvalue weighted by Crippen LogP contribution is 2.45. The van der Waals surface area contributed by atoms with Gasteiger partial charge < -0.3 is 5.11 Å². The van der Waals surface area contributed by atoms with Gasteiger partial charge in [-0.25, -0.2) is 9.37 Å². The number of thioether (sulfide) groups is 1. The van der Waals surface area contributed by atoms with Crippen LogP contribution in [0.2, 0.25) is 0 Å². The monoisotopic (exact) mass is 251 g/mol. The molecule has 0 bridgehead atoms. The Morgan fingerprint density at radius 1 is 1.47 bits per heavy atom. The molecule has 2 aromatic rings. The molecule has 3 rings (SSSR count). The van der Waals surface area contributed by atoms with Crippen molar-refractivity contribution in [1.82, 2.24) is 15.2 Å². The molecule has 0 amide bonds. The van der Waals surface area contributed by atoms with Crippen LogP contribution in [-0.2, 0) is 6.42 Å². The first-order chi connectivity index (χ1) is 8.24. The predicted octanol–water partition coefficient (Wildman–Crippen LogP) is 1.69. The third-order valence-electron chi connectivity index (χ3n) is 2.78. The van der Waals surface area contributed by atoms with E-state index in [0.717, 1.165) is 16.3 Å². The van der Waals surface area contributed by atoms with Crippen LogP contribution in [0.1, 0.15) is 17.5 Å². The van der Waals surface area contributed by atoms with Gasteiger partial charge in [0, 0.05) is 16.6 Å². The lowest BCUT2D eigenvalue weighted by molar-refractivity contribution is 0.175. The van der Waals surface area contributed by atoms with Gasteiger partial charge in [-0.2, -0.15) is 5.10 Å². The van der Waals surface area contributed by atoms with Crippen molar-refractivity contribution in [2.45, 2.75) is 22.7 Å². The molecule has 1 aliphatic rings. The number of aromatic nitrogens is 3. The van der Waals surface area contributed by atoms with Gasteiger partial charge in [0.15, 0.2) is 0 Å². The number of benzene rings is 1. The fourth-order valence-electron chi connectivity index (χ4n) is 1.96. The Hall–Kier alpha value is -1.40. The molecule has 0 aliphatic carbocycles. The molecule has 2 atom stereocenters. The molecule has 0 radical (unpaired) electrons. The van der Waals surface area contributed by atoms with Crippen molar-refractivity contribution in [3.8, 4) is 0 Å². The second-order valence-electron chi connectivity index (χ2n) is 3.92. The van der Waals surface area contributed by atoms with E-state index in [2.05, 4.69) is 15.2 Å². The number of fused-ring (bicyclic) bond motifs is 1. The summed E-state index contributed by atoms with van der Waals surface area (Å²) in [5.74, 6) is 0.457. The zero-order valence-corrected chi connectivity index (χ0v) is 9.62. The summed E-state index contributed by atoms with van der Waals surface area (Å²) in [6.45, 7) is 0. The quantitative estimate of drug-likeness (QED) is 0.852. The Balaban J connectivity index is 1.83. The highest BCUT2D eigenvalue weighted by molar-refractivity contribution is 8.00. The van der Waals surface area contributed by atoms with Crippen LogP contribution in [-0.4, -0.2) is 25.5 Å². The fourth-order valence-corrected chi connectivity index (χ4v) is 3.30. The summed E-state index contributed by atoms with van der Waals surface area (Å²) < 4.78 is 13.1. The first kappa shape index (κ1) is 10.7. The smallest absolute Gasteiger partial charge is 0.137 e. The number of halogens is 1.